The lowest BCUT2D eigenvalue weighted by Crippen LogP contribution is -2.12. The van der Waals surface area contributed by atoms with Crippen LogP contribution in [-0.2, 0) is 9.59 Å². The van der Waals surface area contributed by atoms with Gasteiger partial charge in [0.1, 0.15) is 0 Å². The average Bonchev–Trinajstić information content (AvgIpc) is 1.63. The van der Waals surface area contributed by atoms with E-state index in [9.17, 15) is 9.59 Å². The van der Waals surface area contributed by atoms with E-state index in [1.165, 1.54) is 6.92 Å². The zero-order chi connectivity index (χ0) is 7.28. The predicted octanol–water partition coefficient (Wildman–Crippen LogP) is -0.279. The number of nitrogens with one attached hydrogen (secondary N) is 1. The fourth-order valence-electron chi connectivity index (χ4n) is 0.230. The third-order valence-corrected chi connectivity index (χ3v) is 0.513. The lowest BCUT2D eigenvalue weighted by molar-refractivity contribution is -0.131. The molecule has 4 nitrogen and oxygen atoms in total. The van der Waals surface area contributed by atoms with Crippen molar-refractivity contribution in [2.75, 3.05) is 0 Å². The summed E-state index contributed by atoms with van der Waals surface area (Å²) in [6, 6.07) is 0. The van der Waals surface area contributed by atoms with Gasteiger partial charge in [0.25, 0.3) is 0 Å². The van der Waals surface area contributed by atoms with Crippen LogP contribution in [0, 0.1) is 0 Å². The first-order valence-electron chi connectivity index (χ1n) is 2.29. The number of carboxylic acid groups (broad SMARTS) is 1. The van der Waals surface area contributed by atoms with Gasteiger partial charge in [0.2, 0.25) is 5.91 Å². The molecule has 4 heteroatoms. The van der Waals surface area contributed by atoms with Crippen molar-refractivity contribution in [2.45, 2.75) is 6.92 Å². The van der Waals surface area contributed by atoms with Crippen LogP contribution in [0.25, 0.3) is 0 Å². The first-order valence-corrected chi connectivity index (χ1v) is 2.29. The highest BCUT2D eigenvalue weighted by molar-refractivity contribution is 5.81. The third-order valence-electron chi connectivity index (χ3n) is 0.513. The summed E-state index contributed by atoms with van der Waals surface area (Å²) in [7, 11) is 0. The number of hydrogen-bond acceptors (Lipinski definition) is 2. The Kier molecular flexibility index (Phi) is 3.12. The molecule has 0 aromatic carbocycles. The normalized spacial score (nSPS) is 9.44. The van der Waals surface area contributed by atoms with Crippen molar-refractivity contribution >= 4 is 11.9 Å². The van der Waals surface area contributed by atoms with Crippen molar-refractivity contribution in [1.82, 2.24) is 5.32 Å². The number of carbonyl (C=O) groups excluding carboxylic acids is 1. The minimum atomic E-state index is -1.08. The molecule has 9 heavy (non-hydrogen) atoms. The van der Waals surface area contributed by atoms with E-state index in [0.717, 1.165) is 12.3 Å². The summed E-state index contributed by atoms with van der Waals surface area (Å²) in [5.74, 6) is -1.36. The van der Waals surface area contributed by atoms with E-state index in [4.69, 9.17) is 5.11 Å². The fourth-order valence-corrected chi connectivity index (χ4v) is 0.230. The van der Waals surface area contributed by atoms with Crippen LogP contribution in [0.4, 0.5) is 0 Å². The first-order chi connectivity index (χ1) is 4.13. The SMILES string of the molecule is CC(=O)NC=CC(=O)O. The molecule has 0 atom stereocenters. The van der Waals surface area contributed by atoms with Gasteiger partial charge in [-0.25, -0.2) is 4.79 Å². The molecule has 0 fully saturated rings. The summed E-state index contributed by atoms with van der Waals surface area (Å²) in [6.45, 7) is 1.30. The second-order valence-electron chi connectivity index (χ2n) is 1.37. The van der Waals surface area contributed by atoms with Crippen LogP contribution in [0.1, 0.15) is 6.92 Å². The second-order valence-corrected chi connectivity index (χ2v) is 1.37. The Morgan fingerprint density at radius 1 is 1.56 bits per heavy atom. The van der Waals surface area contributed by atoms with Crippen LogP contribution in [-0.4, -0.2) is 17.0 Å². The van der Waals surface area contributed by atoms with Gasteiger partial charge >= 0.3 is 5.97 Å². The van der Waals surface area contributed by atoms with Crippen molar-refractivity contribution in [3.8, 4) is 0 Å². The largest absolute Gasteiger partial charge is 0.478 e. The Labute approximate surface area is 52.2 Å². The summed E-state index contributed by atoms with van der Waals surface area (Å²) >= 11 is 0. The standard InChI is InChI=1S/C5H7NO3/c1-4(7)6-3-2-5(8)9/h2-3H,1H3,(H,6,7)(H,8,9). The van der Waals surface area contributed by atoms with Crippen LogP contribution in [0.2, 0.25) is 0 Å². The van der Waals surface area contributed by atoms with Gasteiger partial charge in [0.15, 0.2) is 0 Å². The maximum absolute atomic E-state index is 10.1. The molecule has 1 amide bonds. The van der Waals surface area contributed by atoms with E-state index >= 15 is 0 Å². The van der Waals surface area contributed by atoms with Crippen LogP contribution in [0.3, 0.4) is 0 Å². The molecule has 50 valence electrons. The molecule has 0 bridgehead atoms. The number of hydrogen-bond donors (Lipinski definition) is 2. The quantitative estimate of drug-likeness (QED) is 0.504. The van der Waals surface area contributed by atoms with Crippen molar-refractivity contribution in [3.05, 3.63) is 12.3 Å². The van der Waals surface area contributed by atoms with Gasteiger partial charge in [0.05, 0.1) is 0 Å². The van der Waals surface area contributed by atoms with Crippen molar-refractivity contribution in [1.29, 1.82) is 0 Å². The maximum Gasteiger partial charge on any atom is 0.329 e. The zero-order valence-electron chi connectivity index (χ0n) is 4.92. The molecule has 0 aliphatic rings. The molecule has 0 saturated carbocycles. The van der Waals surface area contributed by atoms with Crippen LogP contribution in [0.15, 0.2) is 12.3 Å². The minimum absolute atomic E-state index is 0.285. The topological polar surface area (TPSA) is 66.4 Å². The molecule has 0 spiro atoms. The van der Waals surface area contributed by atoms with E-state index in [1.807, 2.05) is 0 Å². The van der Waals surface area contributed by atoms with E-state index in [0.29, 0.717) is 0 Å². The zero-order valence-corrected chi connectivity index (χ0v) is 4.92. The Hall–Kier alpha value is -1.32. The summed E-state index contributed by atoms with van der Waals surface area (Å²) in [4.78, 5) is 19.8. The van der Waals surface area contributed by atoms with Crippen LogP contribution >= 0.6 is 0 Å². The van der Waals surface area contributed by atoms with Gasteiger partial charge in [0, 0.05) is 19.2 Å². The molecule has 0 unspecified atom stereocenters. The highest BCUT2D eigenvalue weighted by Crippen LogP contribution is 1.67. The Bertz CT molecular complexity index is 150. The van der Waals surface area contributed by atoms with E-state index < -0.39 is 5.97 Å². The summed E-state index contributed by atoms with van der Waals surface area (Å²) in [6.07, 6.45) is 1.92. The van der Waals surface area contributed by atoms with E-state index in [1.54, 1.807) is 0 Å². The highest BCUT2D eigenvalue weighted by atomic mass is 16.4. The molecule has 0 aliphatic carbocycles. The van der Waals surface area contributed by atoms with Gasteiger partial charge in [-0.2, -0.15) is 0 Å². The molecular formula is C5H7NO3. The van der Waals surface area contributed by atoms with Gasteiger partial charge in [-0.15, -0.1) is 0 Å². The Morgan fingerprint density at radius 2 is 2.11 bits per heavy atom. The Balaban J connectivity index is 3.48. The molecule has 0 aromatic rings. The summed E-state index contributed by atoms with van der Waals surface area (Å²) in [5, 5.41) is 10.2. The average molecular weight is 129 g/mol. The number of amides is 1. The third kappa shape index (κ3) is 6.68. The van der Waals surface area contributed by atoms with Gasteiger partial charge in [-0.3, -0.25) is 4.79 Å². The van der Waals surface area contributed by atoms with Gasteiger partial charge in [-0.1, -0.05) is 0 Å². The lowest BCUT2D eigenvalue weighted by atomic mass is 10.6. The smallest absolute Gasteiger partial charge is 0.329 e. The van der Waals surface area contributed by atoms with Crippen molar-refractivity contribution in [2.24, 2.45) is 0 Å². The second kappa shape index (κ2) is 3.65. The maximum atomic E-state index is 10.1. The molecule has 0 aromatic heterocycles. The van der Waals surface area contributed by atoms with Crippen molar-refractivity contribution < 1.29 is 14.7 Å². The first kappa shape index (κ1) is 7.68. The predicted molar refractivity (Wildman–Crippen MR) is 30.6 cm³/mol. The Morgan fingerprint density at radius 3 is 2.44 bits per heavy atom. The molecule has 0 aliphatic heterocycles. The van der Waals surface area contributed by atoms with Crippen molar-refractivity contribution in [3.63, 3.8) is 0 Å². The van der Waals surface area contributed by atoms with E-state index in [2.05, 4.69) is 5.32 Å². The number of rotatable bonds is 2. The number of carbonyl (C=O) groups is 2. The van der Waals surface area contributed by atoms with E-state index in [-0.39, 0.29) is 5.91 Å². The molecule has 0 saturated heterocycles. The minimum Gasteiger partial charge on any atom is -0.478 e. The molecular weight excluding hydrogens is 122 g/mol. The number of aliphatic carboxylic acids is 1. The molecule has 0 rings (SSSR count). The monoisotopic (exact) mass is 129 g/mol. The van der Waals surface area contributed by atoms with Crippen LogP contribution in [0.5, 0.6) is 0 Å². The molecule has 0 heterocycles. The van der Waals surface area contributed by atoms with Gasteiger partial charge in [-0.05, 0) is 0 Å². The summed E-state index contributed by atoms with van der Waals surface area (Å²) in [5.41, 5.74) is 0. The van der Waals surface area contributed by atoms with Crippen LogP contribution < -0.4 is 5.32 Å². The lowest BCUT2D eigenvalue weighted by Gasteiger charge is -1.86. The fraction of sp³-hybridized carbons (Fsp3) is 0.200. The molecule has 0 radical (unpaired) electrons. The summed E-state index contributed by atoms with van der Waals surface area (Å²) < 4.78 is 0. The van der Waals surface area contributed by atoms with Gasteiger partial charge < -0.3 is 10.4 Å². The number of carboxylic acids is 1. The highest BCUT2D eigenvalue weighted by Gasteiger charge is 1.85. The molecule has 2 N–H and O–H groups in total.